The quantitative estimate of drug-likeness (QED) is 0.930. The molecule has 1 N–H and O–H groups in total. The van der Waals surface area contributed by atoms with Crippen molar-refractivity contribution in [2.75, 3.05) is 13.1 Å². The number of carboxylic acid groups (broad SMARTS) is 1. The molecule has 0 bridgehead atoms. The summed E-state index contributed by atoms with van der Waals surface area (Å²) in [6, 6.07) is 14.8. The van der Waals surface area contributed by atoms with Gasteiger partial charge in [-0.05, 0) is 41.8 Å². The molecule has 0 amide bonds. The van der Waals surface area contributed by atoms with Gasteiger partial charge in [-0.1, -0.05) is 36.4 Å². The fraction of sp³-hybridized carbons (Fsp3) is 0.353. The number of carbonyl (C=O) groups is 1. The Morgan fingerprint density at radius 2 is 2.00 bits per heavy atom. The molecule has 1 saturated heterocycles. The summed E-state index contributed by atoms with van der Waals surface area (Å²) in [6.45, 7) is 2.51. The van der Waals surface area contributed by atoms with Gasteiger partial charge in [0.2, 0.25) is 0 Å². The van der Waals surface area contributed by atoms with Crippen molar-refractivity contribution in [1.82, 2.24) is 4.90 Å². The standard InChI is InChI=1S/C17H19NO2/c19-17(20)16-6-3-9-18(12-16)11-13-7-8-14-4-1-2-5-15(14)10-13/h1-2,4-5,7-8,10,16H,3,6,9,11-12H2,(H,19,20)/t16-/m1/s1. The predicted molar refractivity (Wildman–Crippen MR) is 79.6 cm³/mol. The molecule has 2 aromatic carbocycles. The summed E-state index contributed by atoms with van der Waals surface area (Å²) in [5.41, 5.74) is 1.26. The lowest BCUT2D eigenvalue weighted by Crippen LogP contribution is -2.38. The van der Waals surface area contributed by atoms with E-state index in [2.05, 4.69) is 35.2 Å². The van der Waals surface area contributed by atoms with Crippen molar-refractivity contribution in [1.29, 1.82) is 0 Å². The maximum atomic E-state index is 11.1. The lowest BCUT2D eigenvalue weighted by Gasteiger charge is -2.30. The highest BCUT2D eigenvalue weighted by Gasteiger charge is 2.25. The van der Waals surface area contributed by atoms with Gasteiger partial charge in [0.25, 0.3) is 0 Å². The summed E-state index contributed by atoms with van der Waals surface area (Å²) >= 11 is 0. The molecule has 3 nitrogen and oxygen atoms in total. The van der Waals surface area contributed by atoms with Crippen LogP contribution in [0.15, 0.2) is 42.5 Å². The van der Waals surface area contributed by atoms with Crippen LogP contribution in [0.25, 0.3) is 10.8 Å². The van der Waals surface area contributed by atoms with Gasteiger partial charge < -0.3 is 5.11 Å². The summed E-state index contributed by atoms with van der Waals surface area (Å²) in [6.07, 6.45) is 1.79. The molecular weight excluding hydrogens is 250 g/mol. The SMILES string of the molecule is O=C(O)[C@@H]1CCCN(Cc2ccc3ccccc3c2)C1. The second-order valence-corrected chi connectivity index (χ2v) is 5.59. The third-order valence-corrected chi connectivity index (χ3v) is 4.07. The van der Waals surface area contributed by atoms with E-state index >= 15 is 0 Å². The number of benzene rings is 2. The minimum atomic E-state index is -0.659. The summed E-state index contributed by atoms with van der Waals surface area (Å²) in [4.78, 5) is 13.4. The molecule has 0 aliphatic carbocycles. The topological polar surface area (TPSA) is 40.5 Å². The Balaban J connectivity index is 1.74. The number of rotatable bonds is 3. The first-order chi connectivity index (χ1) is 9.72. The average molecular weight is 269 g/mol. The fourth-order valence-electron chi connectivity index (χ4n) is 3.00. The van der Waals surface area contributed by atoms with Crippen LogP contribution in [0.3, 0.4) is 0 Å². The van der Waals surface area contributed by atoms with E-state index < -0.39 is 5.97 Å². The van der Waals surface area contributed by atoms with Crippen molar-refractivity contribution in [2.24, 2.45) is 5.92 Å². The molecule has 0 aromatic heterocycles. The van der Waals surface area contributed by atoms with Crippen LogP contribution in [-0.4, -0.2) is 29.1 Å². The minimum Gasteiger partial charge on any atom is -0.481 e. The van der Waals surface area contributed by atoms with Crippen molar-refractivity contribution in [3.63, 3.8) is 0 Å². The van der Waals surface area contributed by atoms with Crippen LogP contribution in [0.1, 0.15) is 18.4 Å². The zero-order chi connectivity index (χ0) is 13.9. The Bertz CT molecular complexity index is 623. The molecule has 0 spiro atoms. The number of hydrogen-bond donors (Lipinski definition) is 1. The van der Waals surface area contributed by atoms with Crippen LogP contribution in [0.5, 0.6) is 0 Å². The van der Waals surface area contributed by atoms with E-state index in [1.165, 1.54) is 16.3 Å². The second-order valence-electron chi connectivity index (χ2n) is 5.59. The van der Waals surface area contributed by atoms with Crippen LogP contribution in [0.4, 0.5) is 0 Å². The molecule has 3 heteroatoms. The minimum absolute atomic E-state index is 0.204. The highest BCUT2D eigenvalue weighted by molar-refractivity contribution is 5.82. The number of likely N-dealkylation sites (tertiary alicyclic amines) is 1. The lowest BCUT2D eigenvalue weighted by atomic mass is 9.97. The normalized spacial score (nSPS) is 20.1. The number of carboxylic acids is 1. The zero-order valence-electron chi connectivity index (χ0n) is 11.5. The lowest BCUT2D eigenvalue weighted by molar-refractivity contribution is -0.143. The number of piperidine rings is 1. The molecule has 1 aliphatic rings. The first-order valence-electron chi connectivity index (χ1n) is 7.15. The van der Waals surface area contributed by atoms with Crippen LogP contribution in [-0.2, 0) is 11.3 Å². The van der Waals surface area contributed by atoms with Crippen molar-refractivity contribution in [3.05, 3.63) is 48.0 Å². The van der Waals surface area contributed by atoms with Crippen LogP contribution < -0.4 is 0 Å². The molecule has 20 heavy (non-hydrogen) atoms. The predicted octanol–water partition coefficient (Wildman–Crippen LogP) is 3.14. The maximum absolute atomic E-state index is 11.1. The number of aliphatic carboxylic acids is 1. The molecule has 2 aromatic rings. The Kier molecular flexibility index (Phi) is 3.70. The van der Waals surface area contributed by atoms with Crippen molar-refractivity contribution in [3.8, 4) is 0 Å². The molecule has 104 valence electrons. The zero-order valence-corrected chi connectivity index (χ0v) is 11.5. The second kappa shape index (κ2) is 5.63. The van der Waals surface area contributed by atoms with Gasteiger partial charge in [-0.15, -0.1) is 0 Å². The van der Waals surface area contributed by atoms with E-state index in [-0.39, 0.29) is 5.92 Å². The van der Waals surface area contributed by atoms with Crippen molar-refractivity contribution >= 4 is 16.7 Å². The van der Waals surface area contributed by atoms with Gasteiger partial charge in [-0.2, -0.15) is 0 Å². The average Bonchev–Trinajstić information content (AvgIpc) is 2.47. The van der Waals surface area contributed by atoms with E-state index in [4.69, 9.17) is 5.11 Å². The highest BCUT2D eigenvalue weighted by atomic mass is 16.4. The molecule has 1 heterocycles. The first-order valence-corrected chi connectivity index (χ1v) is 7.15. The Morgan fingerprint density at radius 3 is 2.80 bits per heavy atom. The van der Waals surface area contributed by atoms with Gasteiger partial charge in [-0.3, -0.25) is 9.69 Å². The maximum Gasteiger partial charge on any atom is 0.307 e. The smallest absolute Gasteiger partial charge is 0.307 e. The number of hydrogen-bond acceptors (Lipinski definition) is 2. The molecule has 1 atom stereocenters. The fourth-order valence-corrected chi connectivity index (χ4v) is 3.00. The van der Waals surface area contributed by atoms with E-state index in [9.17, 15) is 4.79 Å². The van der Waals surface area contributed by atoms with Crippen LogP contribution in [0, 0.1) is 5.92 Å². The van der Waals surface area contributed by atoms with Gasteiger partial charge in [0.1, 0.15) is 0 Å². The van der Waals surface area contributed by atoms with Gasteiger partial charge in [0.15, 0.2) is 0 Å². The third kappa shape index (κ3) is 2.83. The Hall–Kier alpha value is -1.87. The Labute approximate surface area is 118 Å². The van der Waals surface area contributed by atoms with Crippen molar-refractivity contribution in [2.45, 2.75) is 19.4 Å². The molecule has 0 saturated carbocycles. The van der Waals surface area contributed by atoms with Crippen LogP contribution >= 0.6 is 0 Å². The monoisotopic (exact) mass is 269 g/mol. The van der Waals surface area contributed by atoms with Crippen molar-refractivity contribution < 1.29 is 9.90 Å². The summed E-state index contributed by atoms with van der Waals surface area (Å²) in [5.74, 6) is -0.864. The van der Waals surface area contributed by atoms with E-state index in [0.29, 0.717) is 6.54 Å². The van der Waals surface area contributed by atoms with Gasteiger partial charge in [-0.25, -0.2) is 0 Å². The van der Waals surface area contributed by atoms with E-state index in [0.717, 1.165) is 25.9 Å². The van der Waals surface area contributed by atoms with Gasteiger partial charge in [0.05, 0.1) is 5.92 Å². The Morgan fingerprint density at radius 1 is 1.20 bits per heavy atom. The molecule has 0 radical (unpaired) electrons. The van der Waals surface area contributed by atoms with Gasteiger partial charge >= 0.3 is 5.97 Å². The number of fused-ring (bicyclic) bond motifs is 1. The largest absolute Gasteiger partial charge is 0.481 e. The molecule has 1 fully saturated rings. The summed E-state index contributed by atoms with van der Waals surface area (Å²) < 4.78 is 0. The molecule has 1 aliphatic heterocycles. The highest BCUT2D eigenvalue weighted by Crippen LogP contribution is 2.21. The summed E-state index contributed by atoms with van der Waals surface area (Å²) in [5, 5.41) is 11.6. The van der Waals surface area contributed by atoms with Gasteiger partial charge in [0, 0.05) is 13.1 Å². The first kappa shape index (κ1) is 13.1. The molecule has 0 unspecified atom stereocenters. The number of nitrogens with zero attached hydrogens (tertiary/aromatic N) is 1. The van der Waals surface area contributed by atoms with E-state index in [1.54, 1.807) is 0 Å². The molecule has 3 rings (SSSR count). The van der Waals surface area contributed by atoms with Crippen LogP contribution in [0.2, 0.25) is 0 Å². The molecular formula is C17H19NO2. The summed E-state index contributed by atoms with van der Waals surface area (Å²) in [7, 11) is 0. The van der Waals surface area contributed by atoms with E-state index in [1.807, 2.05) is 12.1 Å². The third-order valence-electron chi connectivity index (χ3n) is 4.07.